The highest BCUT2D eigenvalue weighted by atomic mass is 35.5. The average molecular weight is 336 g/mol. The van der Waals surface area contributed by atoms with Crippen LogP contribution in [0.1, 0.15) is 10.4 Å². The van der Waals surface area contributed by atoms with E-state index in [0.29, 0.717) is 0 Å². The fourth-order valence-electron chi connectivity index (χ4n) is 1.74. The Balaban J connectivity index is 3.03. The fourth-order valence-corrected chi connectivity index (χ4v) is 3.43. The summed E-state index contributed by atoms with van der Waals surface area (Å²) in [6.45, 7) is 0. The molecule has 1 aromatic carbocycles. The van der Waals surface area contributed by atoms with Crippen molar-refractivity contribution in [1.82, 2.24) is 0 Å². The van der Waals surface area contributed by atoms with Crippen LogP contribution >= 0.6 is 23.2 Å². The van der Waals surface area contributed by atoms with Gasteiger partial charge in [0.15, 0.2) is 0 Å². The molecular weight excluding hydrogens is 329 g/mol. The van der Waals surface area contributed by atoms with E-state index in [-0.39, 0.29) is 21.4 Å². The van der Waals surface area contributed by atoms with Gasteiger partial charge < -0.3 is 9.52 Å². The monoisotopic (exact) mass is 335 g/mol. The number of hydrogen-bond donors (Lipinski definition) is 2. The lowest BCUT2D eigenvalue weighted by Gasteiger charge is -2.12. The maximum atomic E-state index is 11.7. The lowest BCUT2D eigenvalue weighted by Crippen LogP contribution is -2.16. The van der Waals surface area contributed by atoms with Gasteiger partial charge in [-0.2, -0.15) is 0 Å². The zero-order chi connectivity index (χ0) is 15.1. The predicted molar refractivity (Wildman–Crippen MR) is 72.5 cm³/mol. The predicted octanol–water partition coefficient (Wildman–Crippen LogP) is 2.60. The smallest absolute Gasteiger partial charge is 0.338 e. The van der Waals surface area contributed by atoms with Crippen molar-refractivity contribution in [2.24, 2.45) is 5.14 Å². The van der Waals surface area contributed by atoms with E-state index in [1.807, 2.05) is 0 Å². The number of aromatic carboxylic acids is 1. The van der Waals surface area contributed by atoms with Crippen molar-refractivity contribution < 1.29 is 22.7 Å². The number of carboxylic acid groups (broad SMARTS) is 1. The van der Waals surface area contributed by atoms with Crippen LogP contribution in [-0.2, 0) is 10.0 Å². The van der Waals surface area contributed by atoms with E-state index in [4.69, 9.17) is 32.8 Å². The largest absolute Gasteiger partial charge is 0.478 e. The highest BCUT2D eigenvalue weighted by Crippen LogP contribution is 2.39. The Hall–Kier alpha value is -1.54. The second-order valence-corrected chi connectivity index (χ2v) is 6.06. The molecule has 1 heterocycles. The minimum absolute atomic E-state index is 0.0178. The molecule has 20 heavy (non-hydrogen) atoms. The summed E-state index contributed by atoms with van der Waals surface area (Å²) >= 11 is 11.7. The molecule has 6 nitrogen and oxygen atoms in total. The van der Waals surface area contributed by atoms with Gasteiger partial charge in [-0.05, 0) is 18.2 Å². The second kappa shape index (κ2) is 5.10. The third-order valence-corrected chi connectivity index (χ3v) is 4.15. The zero-order valence-electron chi connectivity index (χ0n) is 9.63. The molecule has 0 fully saturated rings. The summed E-state index contributed by atoms with van der Waals surface area (Å²) in [5.74, 6) is -1.45. The standard InChI is InChI=1S/C11H7Cl2NO5S/c12-5-4-6(13)10(20(14,17)18)9(8(5)11(15)16)7-2-1-3-19-7/h1-4H,(H,15,16)(H2,14,17,18). The van der Waals surface area contributed by atoms with Crippen LogP contribution in [0.2, 0.25) is 10.0 Å². The molecule has 0 bridgehead atoms. The molecule has 0 amide bonds. The summed E-state index contributed by atoms with van der Waals surface area (Å²) in [4.78, 5) is 10.8. The Morgan fingerprint density at radius 2 is 1.95 bits per heavy atom. The first-order valence-corrected chi connectivity index (χ1v) is 7.35. The summed E-state index contributed by atoms with van der Waals surface area (Å²) in [6.07, 6.45) is 1.25. The number of carbonyl (C=O) groups is 1. The van der Waals surface area contributed by atoms with Crippen molar-refractivity contribution in [3.05, 3.63) is 40.1 Å². The lowest BCUT2D eigenvalue weighted by molar-refractivity contribution is 0.0697. The van der Waals surface area contributed by atoms with Crippen molar-refractivity contribution in [3.63, 3.8) is 0 Å². The fraction of sp³-hybridized carbons (Fsp3) is 0. The van der Waals surface area contributed by atoms with E-state index in [1.165, 1.54) is 18.4 Å². The first-order chi connectivity index (χ1) is 9.23. The molecule has 0 saturated heterocycles. The van der Waals surface area contributed by atoms with Gasteiger partial charge in [-0.1, -0.05) is 23.2 Å². The number of carboxylic acids is 1. The molecule has 2 aromatic rings. The van der Waals surface area contributed by atoms with Crippen molar-refractivity contribution in [1.29, 1.82) is 0 Å². The Morgan fingerprint density at radius 1 is 1.30 bits per heavy atom. The van der Waals surface area contributed by atoms with Gasteiger partial charge in [0.25, 0.3) is 0 Å². The molecule has 0 spiro atoms. The first-order valence-electron chi connectivity index (χ1n) is 5.05. The molecule has 0 aliphatic rings. The van der Waals surface area contributed by atoms with Crippen LogP contribution < -0.4 is 5.14 Å². The number of nitrogens with two attached hydrogens (primary N) is 1. The second-order valence-electron chi connectivity index (χ2n) is 3.75. The Kier molecular flexibility index (Phi) is 3.79. The molecule has 106 valence electrons. The van der Waals surface area contributed by atoms with Crippen LogP contribution in [0.25, 0.3) is 11.3 Å². The Morgan fingerprint density at radius 3 is 2.40 bits per heavy atom. The molecule has 0 atom stereocenters. The van der Waals surface area contributed by atoms with E-state index in [9.17, 15) is 18.3 Å². The summed E-state index contributed by atoms with van der Waals surface area (Å²) in [6, 6.07) is 3.85. The average Bonchev–Trinajstić information content (AvgIpc) is 2.77. The molecule has 0 aliphatic heterocycles. The summed E-state index contributed by atoms with van der Waals surface area (Å²) < 4.78 is 28.4. The van der Waals surface area contributed by atoms with Gasteiger partial charge in [-0.15, -0.1) is 0 Å². The van der Waals surface area contributed by atoms with Gasteiger partial charge in [-0.25, -0.2) is 18.4 Å². The van der Waals surface area contributed by atoms with Gasteiger partial charge in [0.2, 0.25) is 10.0 Å². The molecular formula is C11H7Cl2NO5S. The van der Waals surface area contributed by atoms with Crippen LogP contribution in [0.5, 0.6) is 0 Å². The number of sulfonamides is 1. The van der Waals surface area contributed by atoms with Crippen molar-refractivity contribution in [2.75, 3.05) is 0 Å². The molecule has 2 rings (SSSR count). The number of benzene rings is 1. The molecule has 9 heteroatoms. The molecule has 3 N–H and O–H groups in total. The quantitative estimate of drug-likeness (QED) is 0.895. The van der Waals surface area contributed by atoms with Crippen molar-refractivity contribution in [2.45, 2.75) is 4.90 Å². The third kappa shape index (κ3) is 2.53. The van der Waals surface area contributed by atoms with Crippen molar-refractivity contribution in [3.8, 4) is 11.3 Å². The third-order valence-electron chi connectivity index (χ3n) is 2.45. The lowest BCUT2D eigenvalue weighted by atomic mass is 10.1. The summed E-state index contributed by atoms with van der Waals surface area (Å²) in [5, 5.41) is 13.8. The molecule has 1 aromatic heterocycles. The zero-order valence-corrected chi connectivity index (χ0v) is 12.0. The van der Waals surface area contributed by atoms with E-state index < -0.39 is 26.5 Å². The Labute approximate surface area is 123 Å². The van der Waals surface area contributed by atoms with Gasteiger partial charge >= 0.3 is 5.97 Å². The maximum absolute atomic E-state index is 11.7. The van der Waals surface area contributed by atoms with Crippen LogP contribution in [0.15, 0.2) is 33.8 Å². The highest BCUT2D eigenvalue weighted by Gasteiger charge is 2.29. The summed E-state index contributed by atoms with van der Waals surface area (Å²) in [5.41, 5.74) is -0.724. The topological polar surface area (TPSA) is 111 Å². The number of hydrogen-bond acceptors (Lipinski definition) is 4. The van der Waals surface area contributed by atoms with E-state index in [0.717, 1.165) is 6.07 Å². The normalized spacial score (nSPS) is 11.6. The molecule has 0 aliphatic carbocycles. The van der Waals surface area contributed by atoms with Gasteiger partial charge in [0.05, 0.1) is 27.4 Å². The van der Waals surface area contributed by atoms with Crippen LogP contribution in [0.3, 0.4) is 0 Å². The van der Waals surface area contributed by atoms with Gasteiger partial charge in [0.1, 0.15) is 10.7 Å². The minimum Gasteiger partial charge on any atom is -0.478 e. The van der Waals surface area contributed by atoms with E-state index in [1.54, 1.807) is 0 Å². The van der Waals surface area contributed by atoms with Crippen LogP contribution in [0.4, 0.5) is 0 Å². The van der Waals surface area contributed by atoms with Crippen LogP contribution in [0, 0.1) is 0 Å². The van der Waals surface area contributed by atoms with E-state index >= 15 is 0 Å². The molecule has 0 saturated carbocycles. The van der Waals surface area contributed by atoms with Gasteiger partial charge in [0, 0.05) is 0 Å². The highest BCUT2D eigenvalue weighted by molar-refractivity contribution is 7.89. The maximum Gasteiger partial charge on any atom is 0.338 e. The first kappa shape index (κ1) is 14.9. The number of furan rings is 1. The Bertz CT molecular complexity index is 784. The van der Waals surface area contributed by atoms with E-state index in [2.05, 4.69) is 0 Å². The SMILES string of the molecule is NS(=O)(=O)c1c(Cl)cc(Cl)c(C(=O)O)c1-c1ccco1. The molecule has 0 radical (unpaired) electrons. The number of rotatable bonds is 3. The van der Waals surface area contributed by atoms with Crippen molar-refractivity contribution >= 4 is 39.2 Å². The minimum atomic E-state index is -4.28. The number of halogens is 2. The van der Waals surface area contributed by atoms with Crippen LogP contribution in [-0.4, -0.2) is 19.5 Å². The number of primary sulfonamides is 1. The van der Waals surface area contributed by atoms with Gasteiger partial charge in [-0.3, -0.25) is 0 Å². The molecule has 0 unspecified atom stereocenters. The summed E-state index contributed by atoms with van der Waals surface area (Å²) in [7, 11) is -4.28.